The average molecular weight is 474 g/mol. The smallest absolute Gasteiger partial charge is 0.271 e. The van der Waals surface area contributed by atoms with E-state index in [0.29, 0.717) is 28.7 Å². The van der Waals surface area contributed by atoms with Gasteiger partial charge in [0.05, 0.1) is 13.3 Å². The van der Waals surface area contributed by atoms with Gasteiger partial charge < -0.3 is 9.47 Å². The van der Waals surface area contributed by atoms with Crippen LogP contribution in [0.1, 0.15) is 21.5 Å². The van der Waals surface area contributed by atoms with Gasteiger partial charge in [0.15, 0.2) is 11.5 Å². The molecule has 0 unspecified atom stereocenters. The number of benzene rings is 3. The Labute approximate surface area is 182 Å². The number of rotatable bonds is 7. The SMILES string of the molecule is COc1cc(/C=N\NC(=O)c2cccc(Cl)c2)ccc1OCc1ccc(Br)cc1. The first-order valence-electron chi connectivity index (χ1n) is 8.69. The Balaban J connectivity index is 1.62. The number of methoxy groups -OCH3 is 1. The molecule has 0 radical (unpaired) electrons. The zero-order valence-electron chi connectivity index (χ0n) is 15.6. The van der Waals surface area contributed by atoms with Gasteiger partial charge in [0.2, 0.25) is 0 Å². The van der Waals surface area contributed by atoms with Crippen LogP contribution in [-0.2, 0) is 6.61 Å². The molecule has 0 spiro atoms. The molecule has 0 aliphatic heterocycles. The van der Waals surface area contributed by atoms with Crippen molar-refractivity contribution < 1.29 is 14.3 Å². The first-order valence-corrected chi connectivity index (χ1v) is 9.86. The molecule has 0 bridgehead atoms. The highest BCUT2D eigenvalue weighted by atomic mass is 79.9. The van der Waals surface area contributed by atoms with Gasteiger partial charge in [-0.25, -0.2) is 5.43 Å². The number of hydrogen-bond acceptors (Lipinski definition) is 4. The summed E-state index contributed by atoms with van der Waals surface area (Å²) in [7, 11) is 1.57. The standard InChI is InChI=1S/C22H18BrClN2O3/c1-28-21-11-16(13-25-26-22(27)17-3-2-4-19(24)12-17)7-10-20(21)29-14-15-5-8-18(23)9-6-15/h2-13H,14H2,1H3,(H,26,27)/b25-13-. The maximum absolute atomic E-state index is 12.1. The molecule has 7 heteroatoms. The molecule has 3 aromatic carbocycles. The second kappa shape index (κ2) is 10.1. The summed E-state index contributed by atoms with van der Waals surface area (Å²) in [6, 6.07) is 20.0. The normalized spacial score (nSPS) is 10.7. The van der Waals surface area contributed by atoms with Crippen LogP contribution in [-0.4, -0.2) is 19.2 Å². The Morgan fingerprint density at radius 3 is 2.62 bits per heavy atom. The van der Waals surface area contributed by atoms with Crippen LogP contribution in [0.4, 0.5) is 0 Å². The molecule has 3 rings (SSSR count). The number of nitrogens with zero attached hydrogens (tertiary/aromatic N) is 1. The fourth-order valence-electron chi connectivity index (χ4n) is 2.49. The number of carbonyl (C=O) groups is 1. The monoisotopic (exact) mass is 472 g/mol. The van der Waals surface area contributed by atoms with Crippen molar-refractivity contribution in [3.05, 3.63) is 92.9 Å². The molecule has 0 saturated heterocycles. The maximum Gasteiger partial charge on any atom is 0.271 e. The van der Waals surface area contributed by atoms with Crippen molar-refractivity contribution in [1.29, 1.82) is 0 Å². The Hall–Kier alpha value is -2.83. The van der Waals surface area contributed by atoms with E-state index in [1.54, 1.807) is 43.5 Å². The van der Waals surface area contributed by atoms with Crippen molar-refractivity contribution in [3.63, 3.8) is 0 Å². The molecular weight excluding hydrogens is 456 g/mol. The lowest BCUT2D eigenvalue weighted by atomic mass is 10.2. The summed E-state index contributed by atoms with van der Waals surface area (Å²) < 4.78 is 12.3. The minimum atomic E-state index is -0.342. The third kappa shape index (κ3) is 6.07. The Kier molecular flexibility index (Phi) is 7.27. The van der Waals surface area contributed by atoms with Crippen molar-refractivity contribution in [1.82, 2.24) is 5.43 Å². The molecule has 1 amide bonds. The Morgan fingerprint density at radius 1 is 1.10 bits per heavy atom. The van der Waals surface area contributed by atoms with Crippen LogP contribution in [0.25, 0.3) is 0 Å². The molecule has 0 aliphatic rings. The van der Waals surface area contributed by atoms with E-state index >= 15 is 0 Å². The molecule has 0 aliphatic carbocycles. The van der Waals surface area contributed by atoms with Gasteiger partial charge in [-0.05, 0) is 59.7 Å². The minimum Gasteiger partial charge on any atom is -0.493 e. The van der Waals surface area contributed by atoms with E-state index in [0.717, 1.165) is 15.6 Å². The molecule has 3 aromatic rings. The zero-order valence-corrected chi connectivity index (χ0v) is 17.9. The van der Waals surface area contributed by atoms with Crippen molar-refractivity contribution in [2.45, 2.75) is 6.61 Å². The van der Waals surface area contributed by atoms with Crippen LogP contribution in [0.15, 0.2) is 76.3 Å². The number of halogens is 2. The van der Waals surface area contributed by atoms with Crippen molar-refractivity contribution in [3.8, 4) is 11.5 Å². The van der Waals surface area contributed by atoms with E-state index in [2.05, 4.69) is 26.5 Å². The fourth-order valence-corrected chi connectivity index (χ4v) is 2.94. The summed E-state index contributed by atoms with van der Waals surface area (Å²) in [6.07, 6.45) is 1.53. The van der Waals surface area contributed by atoms with E-state index in [4.69, 9.17) is 21.1 Å². The van der Waals surface area contributed by atoms with E-state index in [1.807, 2.05) is 30.3 Å². The molecule has 148 valence electrons. The number of carbonyl (C=O) groups excluding carboxylic acids is 1. The number of nitrogens with one attached hydrogen (secondary N) is 1. The quantitative estimate of drug-likeness (QED) is 0.366. The third-order valence-electron chi connectivity index (χ3n) is 3.96. The first kappa shape index (κ1) is 20.9. The summed E-state index contributed by atoms with van der Waals surface area (Å²) in [4.78, 5) is 12.1. The van der Waals surface area contributed by atoms with Gasteiger partial charge in [-0.15, -0.1) is 0 Å². The molecule has 0 atom stereocenters. The van der Waals surface area contributed by atoms with Crippen LogP contribution in [0.5, 0.6) is 11.5 Å². The van der Waals surface area contributed by atoms with Crippen LogP contribution in [0.3, 0.4) is 0 Å². The second-order valence-corrected chi connectivity index (χ2v) is 7.39. The molecule has 0 heterocycles. The summed E-state index contributed by atoms with van der Waals surface area (Å²) in [5.74, 6) is 0.855. The second-order valence-electron chi connectivity index (χ2n) is 6.03. The molecular formula is C22H18BrClN2O3. The topological polar surface area (TPSA) is 59.9 Å². The molecule has 5 nitrogen and oxygen atoms in total. The molecule has 1 N–H and O–H groups in total. The first-order chi connectivity index (χ1) is 14.0. The highest BCUT2D eigenvalue weighted by Gasteiger charge is 2.07. The van der Waals surface area contributed by atoms with Gasteiger partial charge in [0.25, 0.3) is 5.91 Å². The predicted octanol–water partition coefficient (Wildman–Crippen LogP) is 5.45. The minimum absolute atomic E-state index is 0.342. The fraction of sp³-hybridized carbons (Fsp3) is 0.0909. The van der Waals surface area contributed by atoms with Crippen LogP contribution < -0.4 is 14.9 Å². The molecule has 0 fully saturated rings. The largest absolute Gasteiger partial charge is 0.493 e. The van der Waals surface area contributed by atoms with Crippen LogP contribution >= 0.6 is 27.5 Å². The van der Waals surface area contributed by atoms with Crippen LogP contribution in [0, 0.1) is 0 Å². The van der Waals surface area contributed by atoms with Gasteiger partial charge >= 0.3 is 0 Å². The van der Waals surface area contributed by atoms with Crippen LogP contribution in [0.2, 0.25) is 5.02 Å². The van der Waals surface area contributed by atoms with Crippen molar-refractivity contribution in [2.75, 3.05) is 7.11 Å². The van der Waals surface area contributed by atoms with E-state index in [9.17, 15) is 4.79 Å². The summed E-state index contributed by atoms with van der Waals surface area (Å²) >= 11 is 9.31. The molecule has 0 saturated carbocycles. The Morgan fingerprint density at radius 2 is 1.90 bits per heavy atom. The zero-order chi connectivity index (χ0) is 20.6. The summed E-state index contributed by atoms with van der Waals surface area (Å²) in [5.41, 5.74) is 4.71. The maximum atomic E-state index is 12.1. The number of hydrogen-bond donors (Lipinski definition) is 1. The summed E-state index contributed by atoms with van der Waals surface area (Å²) in [5, 5.41) is 4.48. The number of hydrazone groups is 1. The third-order valence-corrected chi connectivity index (χ3v) is 4.73. The highest BCUT2D eigenvalue weighted by Crippen LogP contribution is 2.28. The number of ether oxygens (including phenoxy) is 2. The van der Waals surface area contributed by atoms with Gasteiger partial charge in [0, 0.05) is 15.1 Å². The van der Waals surface area contributed by atoms with E-state index < -0.39 is 0 Å². The predicted molar refractivity (Wildman–Crippen MR) is 118 cm³/mol. The molecule has 29 heavy (non-hydrogen) atoms. The van der Waals surface area contributed by atoms with Crippen molar-refractivity contribution >= 4 is 39.7 Å². The van der Waals surface area contributed by atoms with Gasteiger partial charge in [-0.2, -0.15) is 5.10 Å². The van der Waals surface area contributed by atoms with Gasteiger partial charge in [-0.1, -0.05) is 45.7 Å². The lowest BCUT2D eigenvalue weighted by Crippen LogP contribution is -2.17. The van der Waals surface area contributed by atoms with E-state index in [-0.39, 0.29) is 5.91 Å². The average Bonchev–Trinajstić information content (AvgIpc) is 2.73. The van der Waals surface area contributed by atoms with Gasteiger partial charge in [-0.3, -0.25) is 4.79 Å². The lowest BCUT2D eigenvalue weighted by molar-refractivity contribution is 0.0955. The number of amides is 1. The van der Waals surface area contributed by atoms with Crippen molar-refractivity contribution in [2.24, 2.45) is 5.10 Å². The highest BCUT2D eigenvalue weighted by molar-refractivity contribution is 9.10. The van der Waals surface area contributed by atoms with Gasteiger partial charge in [0.1, 0.15) is 6.61 Å². The van der Waals surface area contributed by atoms with E-state index in [1.165, 1.54) is 6.21 Å². The summed E-state index contributed by atoms with van der Waals surface area (Å²) in [6.45, 7) is 0.423. The molecule has 0 aromatic heterocycles. The Bertz CT molecular complexity index is 1020. The lowest BCUT2D eigenvalue weighted by Gasteiger charge is -2.11.